The summed E-state index contributed by atoms with van der Waals surface area (Å²) in [5.41, 5.74) is 2.65. The van der Waals surface area contributed by atoms with E-state index in [2.05, 4.69) is 35.9 Å². The van der Waals surface area contributed by atoms with Gasteiger partial charge in [-0.15, -0.1) is 0 Å². The van der Waals surface area contributed by atoms with Crippen LogP contribution in [0.15, 0.2) is 28.8 Å². The van der Waals surface area contributed by atoms with Crippen molar-refractivity contribution >= 4 is 29.5 Å². The number of carbonyl (C=O) groups excluding carboxylic acids is 1. The predicted octanol–water partition coefficient (Wildman–Crippen LogP) is 2.18. The molecule has 0 spiro atoms. The molecule has 10 heteroatoms. The monoisotopic (exact) mass is 383 g/mol. The van der Waals surface area contributed by atoms with Crippen molar-refractivity contribution < 1.29 is 14.3 Å². The van der Waals surface area contributed by atoms with Gasteiger partial charge in [-0.3, -0.25) is 10.1 Å². The van der Waals surface area contributed by atoms with Gasteiger partial charge >= 0.3 is 6.01 Å². The van der Waals surface area contributed by atoms with Crippen LogP contribution >= 0.6 is 0 Å². The van der Waals surface area contributed by atoms with Crippen LogP contribution in [0.1, 0.15) is 27.5 Å². The number of hydrogen-bond acceptors (Lipinski definition) is 9. The second-order valence-corrected chi connectivity index (χ2v) is 6.06. The molecule has 0 saturated carbocycles. The largest absolute Gasteiger partial charge is 0.418 e. The molecule has 2 heterocycles. The molecule has 0 aliphatic rings. The first kappa shape index (κ1) is 19.2. The van der Waals surface area contributed by atoms with Crippen LogP contribution in [0.4, 0.5) is 23.6 Å². The number of para-hydroxylation sites is 1. The molecule has 0 aliphatic carbocycles. The van der Waals surface area contributed by atoms with E-state index in [0.717, 1.165) is 16.8 Å². The van der Waals surface area contributed by atoms with E-state index in [1.54, 1.807) is 6.92 Å². The molecule has 3 rings (SSSR count). The zero-order valence-electron chi connectivity index (χ0n) is 15.8. The Hall–Kier alpha value is -3.53. The Morgan fingerprint density at radius 2 is 1.82 bits per heavy atom. The number of nitrogens with zero attached hydrogens (tertiary/aromatic N) is 4. The molecule has 0 atom stereocenters. The molecule has 0 fully saturated rings. The molecular weight excluding hydrogens is 362 g/mol. The summed E-state index contributed by atoms with van der Waals surface area (Å²) in [6, 6.07) is 5.84. The van der Waals surface area contributed by atoms with Crippen molar-refractivity contribution in [2.75, 3.05) is 29.1 Å². The molecular formula is C18H21N7O3. The fourth-order valence-corrected chi connectivity index (χ4v) is 2.50. The summed E-state index contributed by atoms with van der Waals surface area (Å²) >= 11 is 0. The Morgan fingerprint density at radius 1 is 1.11 bits per heavy atom. The number of aryl methyl sites for hydroxylation is 3. The van der Waals surface area contributed by atoms with Gasteiger partial charge < -0.3 is 20.2 Å². The summed E-state index contributed by atoms with van der Waals surface area (Å²) in [7, 11) is 0. The second-order valence-electron chi connectivity index (χ2n) is 6.06. The SMILES string of the molecule is Cc1nc(NCCO)nc(Nc2ncc(C(=O)Nc3c(C)cccc3C)o2)n1. The lowest BCUT2D eigenvalue weighted by Crippen LogP contribution is -2.13. The lowest BCUT2D eigenvalue weighted by Gasteiger charge is -2.09. The molecule has 4 N–H and O–H groups in total. The minimum atomic E-state index is -0.407. The van der Waals surface area contributed by atoms with Gasteiger partial charge in [0, 0.05) is 12.2 Å². The fourth-order valence-electron chi connectivity index (χ4n) is 2.50. The highest BCUT2D eigenvalue weighted by molar-refractivity contribution is 6.03. The Balaban J connectivity index is 1.72. The van der Waals surface area contributed by atoms with Gasteiger partial charge in [0.15, 0.2) is 0 Å². The number of oxazole rings is 1. The van der Waals surface area contributed by atoms with Crippen molar-refractivity contribution in [2.45, 2.75) is 20.8 Å². The van der Waals surface area contributed by atoms with E-state index in [1.165, 1.54) is 6.20 Å². The maximum atomic E-state index is 12.5. The maximum Gasteiger partial charge on any atom is 0.302 e. The number of aliphatic hydroxyl groups excluding tert-OH is 1. The summed E-state index contributed by atoms with van der Waals surface area (Å²) in [6.45, 7) is 5.80. The topological polar surface area (TPSA) is 138 Å². The molecule has 1 aromatic carbocycles. The van der Waals surface area contributed by atoms with Crippen molar-refractivity contribution in [2.24, 2.45) is 0 Å². The van der Waals surface area contributed by atoms with Crippen molar-refractivity contribution in [1.82, 2.24) is 19.9 Å². The van der Waals surface area contributed by atoms with E-state index in [-0.39, 0.29) is 24.3 Å². The van der Waals surface area contributed by atoms with Crippen LogP contribution in [0.25, 0.3) is 0 Å². The first-order valence-electron chi connectivity index (χ1n) is 8.64. The molecule has 0 aliphatic heterocycles. The number of rotatable bonds is 7. The van der Waals surface area contributed by atoms with Crippen LogP contribution in [0, 0.1) is 20.8 Å². The van der Waals surface area contributed by atoms with Gasteiger partial charge in [-0.25, -0.2) is 4.98 Å². The zero-order chi connectivity index (χ0) is 20.1. The van der Waals surface area contributed by atoms with Gasteiger partial charge in [0.2, 0.25) is 17.7 Å². The molecule has 0 unspecified atom stereocenters. The normalized spacial score (nSPS) is 10.6. The minimum Gasteiger partial charge on any atom is -0.418 e. The molecule has 1 amide bonds. The Kier molecular flexibility index (Phi) is 5.80. The number of hydrogen-bond donors (Lipinski definition) is 4. The van der Waals surface area contributed by atoms with Crippen molar-refractivity contribution in [3.63, 3.8) is 0 Å². The summed E-state index contributed by atoms with van der Waals surface area (Å²) in [5, 5.41) is 17.4. The van der Waals surface area contributed by atoms with E-state index < -0.39 is 5.91 Å². The van der Waals surface area contributed by atoms with Crippen LogP contribution in [0.5, 0.6) is 0 Å². The molecule has 0 bridgehead atoms. The van der Waals surface area contributed by atoms with E-state index >= 15 is 0 Å². The molecule has 10 nitrogen and oxygen atoms in total. The number of nitrogens with one attached hydrogen (secondary N) is 3. The van der Waals surface area contributed by atoms with Crippen LogP contribution in [-0.2, 0) is 0 Å². The average molecular weight is 383 g/mol. The van der Waals surface area contributed by atoms with Crippen LogP contribution in [0.3, 0.4) is 0 Å². The third-order valence-corrected chi connectivity index (χ3v) is 3.81. The number of amides is 1. The highest BCUT2D eigenvalue weighted by atomic mass is 16.4. The van der Waals surface area contributed by atoms with Gasteiger partial charge in [0.05, 0.1) is 12.8 Å². The summed E-state index contributed by atoms with van der Waals surface area (Å²) < 4.78 is 5.47. The van der Waals surface area contributed by atoms with E-state index in [1.807, 2.05) is 32.0 Å². The molecule has 0 saturated heterocycles. The molecule has 0 radical (unpaired) electrons. The molecule has 28 heavy (non-hydrogen) atoms. The first-order chi connectivity index (χ1) is 13.5. The predicted molar refractivity (Wildman–Crippen MR) is 104 cm³/mol. The van der Waals surface area contributed by atoms with Crippen LogP contribution in [0.2, 0.25) is 0 Å². The summed E-state index contributed by atoms with van der Waals surface area (Å²) in [5.74, 6) is 0.627. The Morgan fingerprint density at radius 3 is 2.54 bits per heavy atom. The van der Waals surface area contributed by atoms with E-state index in [0.29, 0.717) is 18.3 Å². The number of carbonyl (C=O) groups is 1. The van der Waals surface area contributed by atoms with Gasteiger partial charge in [-0.1, -0.05) is 18.2 Å². The van der Waals surface area contributed by atoms with Gasteiger partial charge in [-0.05, 0) is 31.9 Å². The van der Waals surface area contributed by atoms with Crippen molar-refractivity contribution in [3.05, 3.63) is 47.1 Å². The van der Waals surface area contributed by atoms with Crippen LogP contribution < -0.4 is 16.0 Å². The Labute approximate surface area is 161 Å². The second kappa shape index (κ2) is 8.44. The third kappa shape index (κ3) is 4.60. The highest BCUT2D eigenvalue weighted by Crippen LogP contribution is 2.21. The summed E-state index contributed by atoms with van der Waals surface area (Å²) in [4.78, 5) is 28.9. The van der Waals surface area contributed by atoms with Crippen LogP contribution in [-0.4, -0.2) is 44.1 Å². The highest BCUT2D eigenvalue weighted by Gasteiger charge is 2.16. The lowest BCUT2D eigenvalue weighted by molar-refractivity contribution is 0.0997. The van der Waals surface area contributed by atoms with Gasteiger partial charge in [0.1, 0.15) is 5.82 Å². The minimum absolute atomic E-state index is 0.0495. The maximum absolute atomic E-state index is 12.5. The smallest absolute Gasteiger partial charge is 0.302 e. The van der Waals surface area contributed by atoms with E-state index in [4.69, 9.17) is 9.52 Å². The molecule has 3 aromatic rings. The quantitative estimate of drug-likeness (QED) is 0.483. The van der Waals surface area contributed by atoms with Crippen molar-refractivity contribution in [3.8, 4) is 0 Å². The third-order valence-electron chi connectivity index (χ3n) is 3.81. The Bertz CT molecular complexity index is 967. The van der Waals surface area contributed by atoms with Gasteiger partial charge in [-0.2, -0.15) is 15.0 Å². The van der Waals surface area contributed by atoms with Crippen molar-refractivity contribution in [1.29, 1.82) is 0 Å². The summed E-state index contributed by atoms with van der Waals surface area (Å²) in [6.07, 6.45) is 1.32. The molecule has 2 aromatic heterocycles. The lowest BCUT2D eigenvalue weighted by atomic mass is 10.1. The number of benzene rings is 1. The first-order valence-corrected chi connectivity index (χ1v) is 8.64. The molecule has 146 valence electrons. The average Bonchev–Trinajstić information content (AvgIpc) is 3.11. The zero-order valence-corrected chi connectivity index (χ0v) is 15.8. The number of aliphatic hydroxyl groups is 1. The van der Waals surface area contributed by atoms with Gasteiger partial charge in [0.25, 0.3) is 5.91 Å². The standard InChI is InChI=1S/C18H21N7O3/c1-10-5-4-6-11(2)14(10)23-15(27)13-9-20-18(28-13)25-17-22-12(3)21-16(24-17)19-7-8-26/h4-6,9,26H,7-8H2,1-3H3,(H,23,27)(H2,19,20,21,22,24,25). The van der Waals surface area contributed by atoms with E-state index in [9.17, 15) is 4.79 Å². The number of anilines is 4. The number of aromatic nitrogens is 4. The fraction of sp³-hybridized carbons (Fsp3) is 0.278.